The van der Waals surface area contributed by atoms with Crippen molar-refractivity contribution in [3.05, 3.63) is 48.1 Å². The Bertz CT molecular complexity index is 793. The molecule has 0 saturated carbocycles. The number of rotatable bonds is 4. The zero-order valence-corrected chi connectivity index (χ0v) is 12.2. The monoisotopic (exact) mass is 303 g/mol. The van der Waals surface area contributed by atoms with Gasteiger partial charge in [-0.2, -0.15) is 0 Å². The maximum Gasteiger partial charge on any atom is 0.165 e. The van der Waals surface area contributed by atoms with Crippen molar-refractivity contribution in [1.29, 1.82) is 0 Å². The van der Waals surface area contributed by atoms with Gasteiger partial charge in [-0.15, -0.1) is 0 Å². The molecule has 7 heteroatoms. The van der Waals surface area contributed by atoms with E-state index in [1.165, 1.54) is 24.5 Å². The standard InChI is InChI=1S/C15H15F2N5/c1-9(2)22-8-21-13-14(19-7-20-15(13)22)18-6-10-11(16)4-3-5-12(10)17/h3-5,7-9H,6H2,1-2H3,(H,18,19,20). The van der Waals surface area contributed by atoms with Crippen LogP contribution in [0.5, 0.6) is 0 Å². The number of nitrogens with one attached hydrogen (secondary N) is 1. The summed E-state index contributed by atoms with van der Waals surface area (Å²) in [5.41, 5.74) is 1.23. The van der Waals surface area contributed by atoms with Gasteiger partial charge in [-0.05, 0) is 26.0 Å². The molecule has 0 spiro atoms. The van der Waals surface area contributed by atoms with Gasteiger partial charge in [0, 0.05) is 18.2 Å². The van der Waals surface area contributed by atoms with E-state index >= 15 is 0 Å². The lowest BCUT2D eigenvalue weighted by Gasteiger charge is -2.09. The molecule has 0 radical (unpaired) electrons. The Labute approximate surface area is 126 Å². The molecule has 114 valence electrons. The number of benzene rings is 1. The Hall–Kier alpha value is -2.57. The predicted molar refractivity (Wildman–Crippen MR) is 79.4 cm³/mol. The highest BCUT2D eigenvalue weighted by Crippen LogP contribution is 2.21. The molecule has 0 bridgehead atoms. The molecule has 5 nitrogen and oxygen atoms in total. The summed E-state index contributed by atoms with van der Waals surface area (Å²) in [7, 11) is 0. The van der Waals surface area contributed by atoms with Crippen molar-refractivity contribution < 1.29 is 8.78 Å². The Morgan fingerprint density at radius 2 is 1.86 bits per heavy atom. The maximum atomic E-state index is 13.6. The van der Waals surface area contributed by atoms with Crippen molar-refractivity contribution in [2.24, 2.45) is 0 Å². The van der Waals surface area contributed by atoms with Crippen molar-refractivity contribution in [3.8, 4) is 0 Å². The summed E-state index contributed by atoms with van der Waals surface area (Å²) in [6.45, 7) is 4.02. The summed E-state index contributed by atoms with van der Waals surface area (Å²) in [6, 6.07) is 3.99. The van der Waals surface area contributed by atoms with E-state index in [-0.39, 0.29) is 18.2 Å². The number of imidazole rings is 1. The smallest absolute Gasteiger partial charge is 0.165 e. The minimum atomic E-state index is -0.592. The molecule has 2 aromatic heterocycles. The van der Waals surface area contributed by atoms with E-state index in [9.17, 15) is 8.78 Å². The molecule has 0 aliphatic heterocycles. The highest BCUT2D eigenvalue weighted by molar-refractivity contribution is 5.82. The van der Waals surface area contributed by atoms with Gasteiger partial charge < -0.3 is 9.88 Å². The molecule has 3 aromatic rings. The molecule has 0 fully saturated rings. The molecule has 0 atom stereocenters. The summed E-state index contributed by atoms with van der Waals surface area (Å²) in [5.74, 6) is -0.733. The molecule has 0 aliphatic carbocycles. The third-order valence-electron chi connectivity index (χ3n) is 3.41. The summed E-state index contributed by atoms with van der Waals surface area (Å²) in [4.78, 5) is 12.6. The Kier molecular flexibility index (Phi) is 3.70. The van der Waals surface area contributed by atoms with Crippen molar-refractivity contribution in [2.45, 2.75) is 26.4 Å². The van der Waals surface area contributed by atoms with Crippen LogP contribution in [-0.4, -0.2) is 19.5 Å². The Balaban J connectivity index is 1.92. The second kappa shape index (κ2) is 5.67. The van der Waals surface area contributed by atoms with Crippen LogP contribution in [0.4, 0.5) is 14.6 Å². The number of nitrogens with zero attached hydrogens (tertiary/aromatic N) is 4. The fourth-order valence-corrected chi connectivity index (χ4v) is 2.23. The van der Waals surface area contributed by atoms with Gasteiger partial charge in [-0.25, -0.2) is 23.7 Å². The zero-order valence-electron chi connectivity index (χ0n) is 12.2. The molecular weight excluding hydrogens is 288 g/mol. The summed E-state index contributed by atoms with van der Waals surface area (Å²) in [5, 5.41) is 2.93. The molecule has 0 amide bonds. The fraction of sp³-hybridized carbons (Fsp3) is 0.267. The lowest BCUT2D eigenvalue weighted by atomic mass is 10.2. The number of aromatic nitrogens is 4. The van der Waals surface area contributed by atoms with Gasteiger partial charge in [0.1, 0.15) is 23.5 Å². The summed E-state index contributed by atoms with van der Waals surface area (Å²) >= 11 is 0. The van der Waals surface area contributed by atoms with E-state index in [4.69, 9.17) is 0 Å². The van der Waals surface area contributed by atoms with Crippen LogP contribution in [-0.2, 0) is 6.54 Å². The van der Waals surface area contributed by atoms with Crippen LogP contribution in [0.3, 0.4) is 0 Å². The molecule has 0 saturated heterocycles. The van der Waals surface area contributed by atoms with Crippen molar-refractivity contribution in [3.63, 3.8) is 0 Å². The normalized spacial score (nSPS) is 11.3. The van der Waals surface area contributed by atoms with Crippen LogP contribution < -0.4 is 5.32 Å². The second-order valence-electron chi connectivity index (χ2n) is 5.19. The third-order valence-corrected chi connectivity index (χ3v) is 3.41. The Morgan fingerprint density at radius 1 is 1.14 bits per heavy atom. The van der Waals surface area contributed by atoms with E-state index in [2.05, 4.69) is 20.3 Å². The second-order valence-corrected chi connectivity index (χ2v) is 5.19. The van der Waals surface area contributed by atoms with Gasteiger partial charge in [-0.1, -0.05) is 6.07 Å². The van der Waals surface area contributed by atoms with Gasteiger partial charge in [0.05, 0.1) is 6.33 Å². The van der Waals surface area contributed by atoms with E-state index in [0.29, 0.717) is 17.0 Å². The number of fused-ring (bicyclic) bond motifs is 1. The van der Waals surface area contributed by atoms with E-state index in [1.54, 1.807) is 6.33 Å². The zero-order chi connectivity index (χ0) is 15.7. The van der Waals surface area contributed by atoms with Gasteiger partial charge >= 0.3 is 0 Å². The largest absolute Gasteiger partial charge is 0.364 e. The molecule has 1 N–H and O–H groups in total. The number of anilines is 1. The quantitative estimate of drug-likeness (QED) is 0.803. The highest BCUT2D eigenvalue weighted by atomic mass is 19.1. The summed E-state index contributed by atoms with van der Waals surface area (Å²) in [6.07, 6.45) is 3.09. The minimum absolute atomic E-state index is 0.0147. The molecule has 0 unspecified atom stereocenters. The van der Waals surface area contributed by atoms with Gasteiger partial charge in [0.25, 0.3) is 0 Å². The predicted octanol–water partition coefficient (Wildman–Crippen LogP) is 3.30. The van der Waals surface area contributed by atoms with Crippen LogP contribution >= 0.6 is 0 Å². The number of hydrogen-bond donors (Lipinski definition) is 1. The molecule has 3 rings (SSSR count). The van der Waals surface area contributed by atoms with E-state index in [0.717, 1.165) is 0 Å². The van der Waals surface area contributed by atoms with E-state index in [1.807, 2.05) is 18.4 Å². The van der Waals surface area contributed by atoms with Gasteiger partial charge in [0.2, 0.25) is 0 Å². The summed E-state index contributed by atoms with van der Waals surface area (Å²) < 4.78 is 29.2. The first kappa shape index (κ1) is 14.4. The van der Waals surface area contributed by atoms with Gasteiger partial charge in [0.15, 0.2) is 11.5 Å². The first-order valence-electron chi connectivity index (χ1n) is 6.92. The molecule has 0 aliphatic rings. The van der Waals surface area contributed by atoms with Crippen LogP contribution in [0.2, 0.25) is 0 Å². The van der Waals surface area contributed by atoms with Crippen molar-refractivity contribution in [1.82, 2.24) is 19.5 Å². The van der Waals surface area contributed by atoms with Crippen LogP contribution in [0.1, 0.15) is 25.5 Å². The first-order valence-corrected chi connectivity index (χ1v) is 6.92. The SMILES string of the molecule is CC(C)n1cnc2c(NCc3c(F)cccc3F)ncnc21. The van der Waals surface area contributed by atoms with Crippen molar-refractivity contribution in [2.75, 3.05) is 5.32 Å². The third kappa shape index (κ3) is 2.49. The van der Waals surface area contributed by atoms with Crippen molar-refractivity contribution >= 4 is 17.0 Å². The number of halogens is 2. The van der Waals surface area contributed by atoms with Crippen LogP contribution in [0, 0.1) is 11.6 Å². The van der Waals surface area contributed by atoms with Crippen LogP contribution in [0.15, 0.2) is 30.9 Å². The van der Waals surface area contributed by atoms with Gasteiger partial charge in [-0.3, -0.25) is 0 Å². The molecular formula is C15H15F2N5. The lowest BCUT2D eigenvalue weighted by molar-refractivity contribution is 0.560. The first-order chi connectivity index (χ1) is 10.6. The topological polar surface area (TPSA) is 55.6 Å². The Morgan fingerprint density at radius 3 is 2.55 bits per heavy atom. The molecule has 1 aromatic carbocycles. The van der Waals surface area contributed by atoms with E-state index < -0.39 is 11.6 Å². The average Bonchev–Trinajstić information content (AvgIpc) is 2.91. The molecule has 22 heavy (non-hydrogen) atoms. The lowest BCUT2D eigenvalue weighted by Crippen LogP contribution is -2.07. The molecule has 2 heterocycles. The van der Waals surface area contributed by atoms with Crippen LogP contribution in [0.25, 0.3) is 11.2 Å². The highest BCUT2D eigenvalue weighted by Gasteiger charge is 2.13. The maximum absolute atomic E-state index is 13.6. The number of hydrogen-bond acceptors (Lipinski definition) is 4. The minimum Gasteiger partial charge on any atom is -0.364 e. The average molecular weight is 303 g/mol. The fourth-order valence-electron chi connectivity index (χ4n) is 2.23.